The normalized spacial score (nSPS) is 26.3. The Morgan fingerprint density at radius 2 is 1.76 bits per heavy atom. The minimum atomic E-state index is -0.0971. The lowest BCUT2D eigenvalue weighted by Gasteiger charge is -2.40. The topological polar surface area (TPSA) is 35.2 Å². The molecular weight excluding hydrogens is 258 g/mol. The average molecular weight is 289 g/mol. The highest BCUT2D eigenvalue weighted by molar-refractivity contribution is 5.32. The molecule has 2 rings (SSSR count). The lowest BCUT2D eigenvalue weighted by molar-refractivity contribution is -0.0843. The first-order valence-corrected chi connectivity index (χ1v) is 8.36. The first kappa shape index (κ1) is 16.5. The highest BCUT2D eigenvalue weighted by Crippen LogP contribution is 2.38. The van der Waals surface area contributed by atoms with Crippen molar-refractivity contribution in [1.82, 2.24) is 0 Å². The van der Waals surface area contributed by atoms with Crippen LogP contribution in [0.4, 0.5) is 0 Å². The maximum Gasteiger partial charge on any atom is 0.0808 e. The van der Waals surface area contributed by atoms with Crippen LogP contribution >= 0.6 is 0 Å². The quantitative estimate of drug-likeness (QED) is 0.874. The zero-order chi connectivity index (χ0) is 15.5. The third-order valence-corrected chi connectivity index (χ3v) is 5.42. The Kier molecular flexibility index (Phi) is 5.45. The molecule has 0 radical (unpaired) electrons. The zero-order valence-corrected chi connectivity index (χ0v) is 14.1. The predicted molar refractivity (Wildman–Crippen MR) is 89.3 cm³/mol. The second-order valence-electron chi connectivity index (χ2n) is 7.13. The smallest absolute Gasteiger partial charge is 0.0808 e. The van der Waals surface area contributed by atoms with Crippen molar-refractivity contribution in [3.63, 3.8) is 0 Å². The van der Waals surface area contributed by atoms with Gasteiger partial charge in [0, 0.05) is 6.54 Å². The van der Waals surface area contributed by atoms with E-state index >= 15 is 0 Å². The van der Waals surface area contributed by atoms with Crippen LogP contribution in [0.25, 0.3) is 0 Å². The highest BCUT2D eigenvalue weighted by Gasteiger charge is 2.36. The first-order chi connectivity index (χ1) is 9.97. The summed E-state index contributed by atoms with van der Waals surface area (Å²) in [6, 6.07) is 6.44. The largest absolute Gasteiger partial charge is 0.369 e. The van der Waals surface area contributed by atoms with Gasteiger partial charge in [-0.3, -0.25) is 0 Å². The van der Waals surface area contributed by atoms with Gasteiger partial charge in [0.2, 0.25) is 0 Å². The number of hydrogen-bond acceptors (Lipinski definition) is 2. The monoisotopic (exact) mass is 289 g/mol. The number of nitrogens with two attached hydrogens (primary N) is 1. The van der Waals surface area contributed by atoms with Crippen molar-refractivity contribution in [3.05, 3.63) is 34.9 Å². The van der Waals surface area contributed by atoms with Crippen molar-refractivity contribution in [2.45, 2.75) is 65.6 Å². The van der Waals surface area contributed by atoms with E-state index in [1.54, 1.807) is 0 Å². The molecule has 0 amide bonds. The van der Waals surface area contributed by atoms with Gasteiger partial charge in [-0.15, -0.1) is 0 Å². The Balaban J connectivity index is 2.00. The zero-order valence-electron chi connectivity index (χ0n) is 14.1. The van der Waals surface area contributed by atoms with Gasteiger partial charge in [0.05, 0.1) is 12.2 Å². The number of rotatable bonds is 5. The predicted octanol–water partition coefficient (Wildman–Crippen LogP) is 4.36. The Morgan fingerprint density at radius 1 is 1.19 bits per heavy atom. The number of hydrogen-bond donors (Lipinski definition) is 1. The molecule has 1 aliphatic carbocycles. The molecule has 1 aromatic carbocycles. The van der Waals surface area contributed by atoms with Crippen molar-refractivity contribution in [2.24, 2.45) is 17.6 Å². The van der Waals surface area contributed by atoms with Gasteiger partial charge in [0.25, 0.3) is 0 Å². The molecule has 1 aromatic rings. The van der Waals surface area contributed by atoms with Gasteiger partial charge in [-0.05, 0) is 68.1 Å². The van der Waals surface area contributed by atoms with Gasteiger partial charge in [-0.25, -0.2) is 0 Å². The van der Waals surface area contributed by atoms with E-state index in [4.69, 9.17) is 10.5 Å². The van der Waals surface area contributed by atoms with E-state index < -0.39 is 0 Å². The molecule has 0 bridgehead atoms. The van der Waals surface area contributed by atoms with Crippen LogP contribution in [0.5, 0.6) is 0 Å². The summed E-state index contributed by atoms with van der Waals surface area (Å²) in [5, 5.41) is 0. The molecule has 2 N–H and O–H groups in total. The van der Waals surface area contributed by atoms with Crippen LogP contribution in [0.1, 0.15) is 56.2 Å². The molecule has 0 aromatic heterocycles. The van der Waals surface area contributed by atoms with E-state index in [0.717, 1.165) is 24.7 Å². The molecule has 2 heteroatoms. The minimum absolute atomic E-state index is 0.0971. The van der Waals surface area contributed by atoms with Crippen LogP contribution < -0.4 is 5.73 Å². The van der Waals surface area contributed by atoms with Crippen molar-refractivity contribution in [3.8, 4) is 0 Å². The number of benzene rings is 1. The van der Waals surface area contributed by atoms with Crippen molar-refractivity contribution in [2.75, 3.05) is 6.54 Å². The van der Waals surface area contributed by atoms with Gasteiger partial charge >= 0.3 is 0 Å². The first-order valence-electron chi connectivity index (χ1n) is 8.36. The molecule has 0 aliphatic heterocycles. The fourth-order valence-corrected chi connectivity index (χ4v) is 3.54. The lowest BCUT2D eigenvalue weighted by Crippen LogP contribution is -2.44. The summed E-state index contributed by atoms with van der Waals surface area (Å²) in [6.45, 7) is 10.3. The second-order valence-corrected chi connectivity index (χ2v) is 7.13. The van der Waals surface area contributed by atoms with Gasteiger partial charge in [0.15, 0.2) is 0 Å². The fourth-order valence-electron chi connectivity index (χ4n) is 3.54. The van der Waals surface area contributed by atoms with Crippen LogP contribution in [-0.4, -0.2) is 12.1 Å². The van der Waals surface area contributed by atoms with E-state index in [9.17, 15) is 0 Å². The van der Waals surface area contributed by atoms with Crippen molar-refractivity contribution < 1.29 is 4.74 Å². The summed E-state index contributed by atoms with van der Waals surface area (Å²) < 4.78 is 6.37. The van der Waals surface area contributed by atoms with E-state index in [2.05, 4.69) is 45.9 Å². The molecular formula is C19H31NO. The van der Waals surface area contributed by atoms with Gasteiger partial charge < -0.3 is 10.5 Å². The second kappa shape index (κ2) is 6.93. The Bertz CT molecular complexity index is 438. The summed E-state index contributed by atoms with van der Waals surface area (Å²) in [6.07, 6.45) is 4.72. The third-order valence-electron chi connectivity index (χ3n) is 5.42. The minimum Gasteiger partial charge on any atom is -0.369 e. The molecule has 1 fully saturated rings. The summed E-state index contributed by atoms with van der Waals surface area (Å²) in [7, 11) is 0. The Hall–Kier alpha value is -0.860. The molecule has 0 atom stereocenters. The molecule has 1 aliphatic rings. The molecule has 0 spiro atoms. The van der Waals surface area contributed by atoms with Crippen LogP contribution in [-0.2, 0) is 11.3 Å². The lowest BCUT2D eigenvalue weighted by atomic mass is 9.74. The summed E-state index contributed by atoms with van der Waals surface area (Å²) in [5.74, 6) is 1.62. The van der Waals surface area contributed by atoms with Gasteiger partial charge in [-0.1, -0.05) is 32.0 Å². The maximum atomic E-state index is 6.37. The SMILES string of the molecule is Cc1cccc(C)c1COC1(CN)CCC(C(C)C)CC1. The van der Waals surface area contributed by atoms with Crippen LogP contribution in [0.2, 0.25) is 0 Å². The summed E-state index contributed by atoms with van der Waals surface area (Å²) in [4.78, 5) is 0. The van der Waals surface area contributed by atoms with Crippen LogP contribution in [0, 0.1) is 25.7 Å². The fraction of sp³-hybridized carbons (Fsp3) is 0.684. The Morgan fingerprint density at radius 3 is 2.24 bits per heavy atom. The standard InChI is InChI=1S/C19H31NO/c1-14(2)17-8-10-19(13-20,11-9-17)21-12-18-15(3)6-5-7-16(18)4/h5-7,14,17H,8-13,20H2,1-4H3. The van der Waals surface area contributed by atoms with Gasteiger partial charge in [-0.2, -0.15) is 0 Å². The molecule has 0 heterocycles. The third kappa shape index (κ3) is 3.87. The van der Waals surface area contributed by atoms with E-state index in [1.165, 1.54) is 29.5 Å². The summed E-state index contributed by atoms with van der Waals surface area (Å²) in [5.41, 5.74) is 9.94. The van der Waals surface area contributed by atoms with Crippen LogP contribution in [0.15, 0.2) is 18.2 Å². The molecule has 0 unspecified atom stereocenters. The number of aryl methyl sites for hydroxylation is 2. The van der Waals surface area contributed by atoms with Crippen LogP contribution in [0.3, 0.4) is 0 Å². The van der Waals surface area contributed by atoms with Gasteiger partial charge in [0.1, 0.15) is 0 Å². The highest BCUT2D eigenvalue weighted by atomic mass is 16.5. The summed E-state index contributed by atoms with van der Waals surface area (Å²) >= 11 is 0. The average Bonchev–Trinajstić information content (AvgIpc) is 2.47. The maximum absolute atomic E-state index is 6.37. The van der Waals surface area contributed by atoms with Crippen molar-refractivity contribution in [1.29, 1.82) is 0 Å². The van der Waals surface area contributed by atoms with E-state index in [-0.39, 0.29) is 5.60 Å². The van der Waals surface area contributed by atoms with E-state index in [0.29, 0.717) is 13.2 Å². The molecule has 2 nitrogen and oxygen atoms in total. The number of ether oxygens (including phenoxy) is 1. The molecule has 1 saturated carbocycles. The van der Waals surface area contributed by atoms with Crippen molar-refractivity contribution >= 4 is 0 Å². The van der Waals surface area contributed by atoms with E-state index in [1.807, 2.05) is 0 Å². The molecule has 0 saturated heterocycles. The molecule has 118 valence electrons. The Labute approximate surface area is 130 Å². The molecule has 21 heavy (non-hydrogen) atoms.